The predicted molar refractivity (Wildman–Crippen MR) is 54.3 cm³/mol. The van der Waals surface area contributed by atoms with E-state index in [0.29, 0.717) is 5.82 Å². The molecule has 1 saturated heterocycles. The number of nitrogens with one attached hydrogen (secondary N) is 1. The van der Waals surface area contributed by atoms with E-state index in [4.69, 9.17) is 5.26 Å². The normalized spacial score (nSPS) is 15.6. The van der Waals surface area contributed by atoms with Gasteiger partial charge in [-0.3, -0.25) is 14.9 Å². The summed E-state index contributed by atoms with van der Waals surface area (Å²) in [6.07, 6.45) is 0. The maximum absolute atomic E-state index is 11.1. The average Bonchev–Trinajstić information content (AvgIpc) is 2.28. The van der Waals surface area contributed by atoms with Crippen LogP contribution in [0.5, 0.6) is 0 Å². The van der Waals surface area contributed by atoms with Gasteiger partial charge in [0.05, 0.1) is 13.1 Å². The fraction of sp³-hybridized carbons (Fsp3) is 0.200. The molecule has 2 amide bonds. The highest BCUT2D eigenvalue weighted by molar-refractivity contribution is 6.02. The Morgan fingerprint density at radius 2 is 2.00 bits per heavy atom. The molecule has 1 aromatic rings. The number of carbonyl (C=O) groups excluding carboxylic acids is 2. The Hall–Kier alpha value is -2.42. The van der Waals surface area contributed by atoms with Crippen molar-refractivity contribution in [1.82, 2.24) is 10.3 Å². The summed E-state index contributed by atoms with van der Waals surface area (Å²) in [7, 11) is 0. The smallest absolute Gasteiger partial charge is 0.246 e. The standard InChI is InChI=1S/C10H8N4O2/c11-4-7-2-1-3-8(12-7)14-5-9(15)13-10(16)6-14/h1-3H,5-6H2,(H,13,15,16). The molecule has 0 saturated carbocycles. The molecular weight excluding hydrogens is 208 g/mol. The van der Waals surface area contributed by atoms with Gasteiger partial charge in [0.25, 0.3) is 0 Å². The molecule has 1 aromatic heterocycles. The topological polar surface area (TPSA) is 86.1 Å². The SMILES string of the molecule is N#Cc1cccc(N2CC(=O)NC(=O)C2)n1. The highest BCUT2D eigenvalue weighted by Gasteiger charge is 2.23. The van der Waals surface area contributed by atoms with E-state index in [0.717, 1.165) is 0 Å². The van der Waals surface area contributed by atoms with Gasteiger partial charge in [0.2, 0.25) is 11.8 Å². The number of hydrogen-bond acceptors (Lipinski definition) is 5. The summed E-state index contributed by atoms with van der Waals surface area (Å²) in [5, 5.41) is 10.9. The van der Waals surface area contributed by atoms with Crippen molar-refractivity contribution in [1.29, 1.82) is 5.26 Å². The number of anilines is 1. The van der Waals surface area contributed by atoms with Crippen LogP contribution in [0.4, 0.5) is 5.82 Å². The Morgan fingerprint density at radius 3 is 2.62 bits per heavy atom. The molecule has 6 heteroatoms. The first kappa shape index (κ1) is 10.1. The fourth-order valence-corrected chi connectivity index (χ4v) is 1.46. The lowest BCUT2D eigenvalue weighted by molar-refractivity contribution is -0.130. The highest BCUT2D eigenvalue weighted by atomic mass is 16.2. The number of piperazine rings is 1. The monoisotopic (exact) mass is 216 g/mol. The minimum Gasteiger partial charge on any atom is -0.338 e. The molecule has 0 atom stereocenters. The molecule has 1 aliphatic rings. The van der Waals surface area contributed by atoms with Gasteiger partial charge in [0, 0.05) is 0 Å². The molecule has 2 rings (SSSR count). The Morgan fingerprint density at radius 1 is 1.31 bits per heavy atom. The minimum absolute atomic E-state index is 0.0770. The molecule has 1 fully saturated rings. The van der Waals surface area contributed by atoms with Crippen LogP contribution >= 0.6 is 0 Å². The van der Waals surface area contributed by atoms with Crippen LogP contribution < -0.4 is 10.2 Å². The fourth-order valence-electron chi connectivity index (χ4n) is 1.46. The number of imide groups is 1. The van der Waals surface area contributed by atoms with Crippen LogP contribution in [-0.2, 0) is 9.59 Å². The molecule has 0 spiro atoms. The largest absolute Gasteiger partial charge is 0.338 e. The Kier molecular flexibility index (Phi) is 2.52. The second-order valence-corrected chi connectivity index (χ2v) is 3.32. The van der Waals surface area contributed by atoms with Crippen molar-refractivity contribution in [3.05, 3.63) is 23.9 Å². The zero-order valence-electron chi connectivity index (χ0n) is 8.30. The first-order chi connectivity index (χ1) is 7.69. The van der Waals surface area contributed by atoms with Crippen molar-refractivity contribution in [2.24, 2.45) is 0 Å². The summed E-state index contributed by atoms with van der Waals surface area (Å²) in [5.74, 6) is -0.261. The third-order valence-electron chi connectivity index (χ3n) is 2.12. The highest BCUT2D eigenvalue weighted by Crippen LogP contribution is 2.12. The van der Waals surface area contributed by atoms with Crippen molar-refractivity contribution >= 4 is 17.6 Å². The third kappa shape index (κ3) is 1.98. The Labute approximate surface area is 91.5 Å². The van der Waals surface area contributed by atoms with Crippen molar-refractivity contribution in [2.45, 2.75) is 0 Å². The van der Waals surface area contributed by atoms with E-state index in [1.807, 2.05) is 6.07 Å². The van der Waals surface area contributed by atoms with Crippen LogP contribution in [0.15, 0.2) is 18.2 Å². The van der Waals surface area contributed by atoms with Gasteiger partial charge in [-0.1, -0.05) is 6.07 Å². The Bertz CT molecular complexity index is 476. The third-order valence-corrected chi connectivity index (χ3v) is 2.12. The maximum atomic E-state index is 11.1. The number of nitrogens with zero attached hydrogens (tertiary/aromatic N) is 3. The molecule has 6 nitrogen and oxygen atoms in total. The zero-order chi connectivity index (χ0) is 11.5. The van der Waals surface area contributed by atoms with Gasteiger partial charge in [-0.2, -0.15) is 5.26 Å². The van der Waals surface area contributed by atoms with Crippen molar-refractivity contribution in [3.8, 4) is 6.07 Å². The first-order valence-corrected chi connectivity index (χ1v) is 4.64. The van der Waals surface area contributed by atoms with E-state index < -0.39 is 0 Å². The average molecular weight is 216 g/mol. The van der Waals surface area contributed by atoms with E-state index >= 15 is 0 Å². The molecule has 1 N–H and O–H groups in total. The molecule has 0 aliphatic carbocycles. The van der Waals surface area contributed by atoms with E-state index in [2.05, 4.69) is 10.3 Å². The summed E-state index contributed by atoms with van der Waals surface area (Å²) in [4.78, 5) is 27.8. The molecule has 0 radical (unpaired) electrons. The van der Waals surface area contributed by atoms with E-state index in [9.17, 15) is 9.59 Å². The van der Waals surface area contributed by atoms with Crippen molar-refractivity contribution in [2.75, 3.05) is 18.0 Å². The number of aromatic nitrogens is 1. The number of rotatable bonds is 1. The molecule has 16 heavy (non-hydrogen) atoms. The lowest BCUT2D eigenvalue weighted by Crippen LogP contribution is -2.51. The summed E-state index contributed by atoms with van der Waals surface area (Å²) >= 11 is 0. The van der Waals surface area contributed by atoms with Crippen LogP contribution in [-0.4, -0.2) is 29.9 Å². The van der Waals surface area contributed by atoms with Crippen LogP contribution in [0.3, 0.4) is 0 Å². The van der Waals surface area contributed by atoms with Gasteiger partial charge < -0.3 is 4.90 Å². The van der Waals surface area contributed by atoms with Gasteiger partial charge in [-0.25, -0.2) is 4.98 Å². The van der Waals surface area contributed by atoms with Crippen LogP contribution in [0.25, 0.3) is 0 Å². The maximum Gasteiger partial charge on any atom is 0.246 e. The number of pyridine rings is 1. The second-order valence-electron chi connectivity index (χ2n) is 3.32. The van der Waals surface area contributed by atoms with Gasteiger partial charge in [-0.05, 0) is 12.1 Å². The number of nitriles is 1. The summed E-state index contributed by atoms with van der Waals surface area (Å²) in [6, 6.07) is 6.79. The quantitative estimate of drug-likeness (QED) is 0.634. The van der Waals surface area contributed by atoms with Crippen LogP contribution in [0.2, 0.25) is 0 Å². The molecule has 80 valence electrons. The lowest BCUT2D eigenvalue weighted by Gasteiger charge is -2.26. The number of hydrogen-bond donors (Lipinski definition) is 1. The van der Waals surface area contributed by atoms with Crippen molar-refractivity contribution in [3.63, 3.8) is 0 Å². The van der Waals surface area contributed by atoms with Crippen molar-refractivity contribution < 1.29 is 9.59 Å². The Balaban J connectivity index is 2.26. The predicted octanol–water partition coefficient (Wildman–Crippen LogP) is -0.584. The van der Waals surface area contributed by atoms with E-state index in [1.54, 1.807) is 18.2 Å². The summed E-state index contributed by atoms with van der Waals surface area (Å²) in [5.41, 5.74) is 0.260. The number of carbonyl (C=O) groups is 2. The summed E-state index contributed by atoms with van der Waals surface area (Å²) < 4.78 is 0. The van der Waals surface area contributed by atoms with Gasteiger partial charge in [0.1, 0.15) is 17.6 Å². The van der Waals surface area contributed by atoms with Gasteiger partial charge in [-0.15, -0.1) is 0 Å². The first-order valence-electron chi connectivity index (χ1n) is 4.64. The zero-order valence-corrected chi connectivity index (χ0v) is 8.30. The number of amides is 2. The van der Waals surface area contributed by atoms with Crippen LogP contribution in [0, 0.1) is 11.3 Å². The molecule has 2 heterocycles. The lowest BCUT2D eigenvalue weighted by atomic mass is 10.3. The molecular formula is C10H8N4O2. The van der Waals surface area contributed by atoms with Crippen LogP contribution in [0.1, 0.15) is 5.69 Å². The van der Waals surface area contributed by atoms with Gasteiger partial charge in [0.15, 0.2) is 0 Å². The van der Waals surface area contributed by atoms with E-state index in [-0.39, 0.29) is 30.6 Å². The van der Waals surface area contributed by atoms with Gasteiger partial charge >= 0.3 is 0 Å². The molecule has 0 unspecified atom stereocenters. The minimum atomic E-state index is -0.361. The second kappa shape index (κ2) is 3.98. The molecule has 0 bridgehead atoms. The summed E-state index contributed by atoms with van der Waals surface area (Å²) in [6.45, 7) is 0.154. The van der Waals surface area contributed by atoms with E-state index in [1.165, 1.54) is 4.90 Å². The molecule has 0 aromatic carbocycles. The molecule has 1 aliphatic heterocycles.